The fraction of sp³-hybridized carbons (Fsp3) is 0.538. The molecule has 0 aliphatic carbocycles. The molecule has 0 bridgehead atoms. The summed E-state index contributed by atoms with van der Waals surface area (Å²) in [5.41, 5.74) is 1.30. The summed E-state index contributed by atoms with van der Waals surface area (Å²) in [5, 5.41) is 3.41. The average molecular weight is 223 g/mol. The van der Waals surface area contributed by atoms with Crippen molar-refractivity contribution >= 4 is 0 Å². The highest BCUT2D eigenvalue weighted by atomic mass is 16.5. The van der Waals surface area contributed by atoms with Crippen LogP contribution in [0.25, 0.3) is 0 Å². The zero-order valence-corrected chi connectivity index (χ0v) is 10.1. The van der Waals surface area contributed by atoms with Crippen molar-refractivity contribution in [2.24, 2.45) is 0 Å². The third-order valence-corrected chi connectivity index (χ3v) is 2.43. The van der Waals surface area contributed by atoms with Crippen molar-refractivity contribution in [1.82, 2.24) is 5.32 Å². The number of benzene rings is 1. The molecule has 0 radical (unpaired) electrons. The van der Waals surface area contributed by atoms with Gasteiger partial charge in [0.15, 0.2) is 0 Å². The Bertz CT molecular complexity index is 264. The average Bonchev–Trinajstić information content (AvgIpc) is 2.34. The molecule has 0 amide bonds. The molecule has 1 atom stereocenters. The van der Waals surface area contributed by atoms with E-state index in [0.717, 1.165) is 13.2 Å². The molecule has 90 valence electrons. The SMILES string of the molecule is COCCOCCN[C@@H](C)c1ccccc1. The van der Waals surface area contributed by atoms with Crippen LogP contribution in [0, 0.1) is 0 Å². The van der Waals surface area contributed by atoms with Crippen molar-refractivity contribution in [3.05, 3.63) is 35.9 Å². The summed E-state index contributed by atoms with van der Waals surface area (Å²) >= 11 is 0. The van der Waals surface area contributed by atoms with E-state index in [1.165, 1.54) is 5.56 Å². The summed E-state index contributed by atoms with van der Waals surface area (Å²) in [6.07, 6.45) is 0. The molecule has 3 heteroatoms. The molecule has 1 N–H and O–H groups in total. The minimum atomic E-state index is 0.368. The number of hydrogen-bond acceptors (Lipinski definition) is 3. The van der Waals surface area contributed by atoms with E-state index in [4.69, 9.17) is 9.47 Å². The predicted octanol–water partition coefficient (Wildman–Crippen LogP) is 2.00. The molecule has 0 saturated heterocycles. The van der Waals surface area contributed by atoms with Gasteiger partial charge in [-0.15, -0.1) is 0 Å². The standard InChI is InChI=1S/C13H21NO2/c1-12(13-6-4-3-5-7-13)14-8-9-16-11-10-15-2/h3-7,12,14H,8-11H2,1-2H3/t12-/m0/s1. The summed E-state index contributed by atoms with van der Waals surface area (Å²) in [6.45, 7) is 5.07. The highest BCUT2D eigenvalue weighted by molar-refractivity contribution is 5.17. The largest absolute Gasteiger partial charge is 0.382 e. The molecule has 1 aromatic rings. The van der Waals surface area contributed by atoms with Crippen molar-refractivity contribution in [3.8, 4) is 0 Å². The monoisotopic (exact) mass is 223 g/mol. The van der Waals surface area contributed by atoms with Crippen molar-refractivity contribution in [3.63, 3.8) is 0 Å². The molecule has 0 heterocycles. The maximum absolute atomic E-state index is 5.37. The van der Waals surface area contributed by atoms with E-state index in [9.17, 15) is 0 Å². The van der Waals surface area contributed by atoms with E-state index in [1.54, 1.807) is 7.11 Å². The third-order valence-electron chi connectivity index (χ3n) is 2.43. The first-order valence-corrected chi connectivity index (χ1v) is 5.69. The molecule has 0 unspecified atom stereocenters. The van der Waals surface area contributed by atoms with Crippen LogP contribution in [0.5, 0.6) is 0 Å². The summed E-state index contributed by atoms with van der Waals surface area (Å²) in [5.74, 6) is 0. The summed E-state index contributed by atoms with van der Waals surface area (Å²) < 4.78 is 10.3. The second kappa shape index (κ2) is 8.28. The van der Waals surface area contributed by atoms with Crippen LogP contribution in [0.1, 0.15) is 18.5 Å². The molecule has 0 aliphatic rings. The molecular weight excluding hydrogens is 202 g/mol. The third kappa shape index (κ3) is 5.26. The van der Waals surface area contributed by atoms with Crippen LogP contribution in [0.2, 0.25) is 0 Å². The van der Waals surface area contributed by atoms with Gasteiger partial charge in [0.1, 0.15) is 0 Å². The van der Waals surface area contributed by atoms with Crippen LogP contribution in [0.15, 0.2) is 30.3 Å². The molecule has 0 fully saturated rings. The Kier molecular flexibility index (Phi) is 6.81. The lowest BCUT2D eigenvalue weighted by atomic mass is 10.1. The number of rotatable bonds is 8. The minimum Gasteiger partial charge on any atom is -0.382 e. The quantitative estimate of drug-likeness (QED) is 0.684. The van der Waals surface area contributed by atoms with Crippen LogP contribution in [0.4, 0.5) is 0 Å². The lowest BCUT2D eigenvalue weighted by molar-refractivity contribution is 0.0712. The Morgan fingerprint density at radius 3 is 2.56 bits per heavy atom. The zero-order chi connectivity index (χ0) is 11.6. The Morgan fingerprint density at radius 2 is 1.88 bits per heavy atom. The highest BCUT2D eigenvalue weighted by Crippen LogP contribution is 2.10. The van der Waals surface area contributed by atoms with Gasteiger partial charge in [-0.25, -0.2) is 0 Å². The van der Waals surface area contributed by atoms with Crippen molar-refractivity contribution in [2.75, 3.05) is 33.5 Å². The zero-order valence-electron chi connectivity index (χ0n) is 10.1. The van der Waals surface area contributed by atoms with Crippen LogP contribution in [-0.2, 0) is 9.47 Å². The van der Waals surface area contributed by atoms with Crippen LogP contribution < -0.4 is 5.32 Å². The molecule has 0 aliphatic heterocycles. The van der Waals surface area contributed by atoms with Crippen LogP contribution >= 0.6 is 0 Å². The van der Waals surface area contributed by atoms with E-state index in [0.29, 0.717) is 19.3 Å². The number of nitrogens with one attached hydrogen (secondary N) is 1. The van der Waals surface area contributed by atoms with Crippen LogP contribution in [-0.4, -0.2) is 33.5 Å². The molecule has 1 rings (SSSR count). The minimum absolute atomic E-state index is 0.368. The highest BCUT2D eigenvalue weighted by Gasteiger charge is 2.02. The molecule has 3 nitrogen and oxygen atoms in total. The van der Waals surface area contributed by atoms with Gasteiger partial charge < -0.3 is 14.8 Å². The first kappa shape index (κ1) is 13.2. The van der Waals surface area contributed by atoms with Gasteiger partial charge in [-0.3, -0.25) is 0 Å². The summed E-state index contributed by atoms with van der Waals surface area (Å²) in [6, 6.07) is 10.8. The Morgan fingerprint density at radius 1 is 1.12 bits per heavy atom. The lowest BCUT2D eigenvalue weighted by Crippen LogP contribution is -2.23. The molecule has 0 spiro atoms. The van der Waals surface area contributed by atoms with Gasteiger partial charge in [-0.2, -0.15) is 0 Å². The van der Waals surface area contributed by atoms with E-state index >= 15 is 0 Å². The summed E-state index contributed by atoms with van der Waals surface area (Å²) in [7, 11) is 1.68. The first-order chi connectivity index (χ1) is 7.84. The number of ether oxygens (including phenoxy) is 2. The molecule has 1 aromatic carbocycles. The van der Waals surface area contributed by atoms with Gasteiger partial charge in [0, 0.05) is 19.7 Å². The van der Waals surface area contributed by atoms with Crippen molar-refractivity contribution < 1.29 is 9.47 Å². The second-order valence-electron chi connectivity index (χ2n) is 3.69. The van der Waals surface area contributed by atoms with Gasteiger partial charge in [0.2, 0.25) is 0 Å². The van der Waals surface area contributed by atoms with Gasteiger partial charge in [0.25, 0.3) is 0 Å². The Hall–Kier alpha value is -0.900. The van der Waals surface area contributed by atoms with E-state index < -0.39 is 0 Å². The first-order valence-electron chi connectivity index (χ1n) is 5.69. The lowest BCUT2D eigenvalue weighted by Gasteiger charge is -2.14. The maximum Gasteiger partial charge on any atom is 0.0700 e. The molecular formula is C13H21NO2. The van der Waals surface area contributed by atoms with E-state index in [2.05, 4.69) is 36.5 Å². The smallest absolute Gasteiger partial charge is 0.0700 e. The van der Waals surface area contributed by atoms with Crippen molar-refractivity contribution in [1.29, 1.82) is 0 Å². The van der Waals surface area contributed by atoms with Gasteiger partial charge in [-0.05, 0) is 12.5 Å². The van der Waals surface area contributed by atoms with E-state index in [-0.39, 0.29) is 0 Å². The molecule has 16 heavy (non-hydrogen) atoms. The maximum atomic E-state index is 5.37. The second-order valence-corrected chi connectivity index (χ2v) is 3.69. The molecule has 0 aromatic heterocycles. The fourth-order valence-corrected chi connectivity index (χ4v) is 1.45. The van der Waals surface area contributed by atoms with E-state index in [1.807, 2.05) is 6.07 Å². The fourth-order valence-electron chi connectivity index (χ4n) is 1.45. The topological polar surface area (TPSA) is 30.5 Å². The molecule has 0 saturated carbocycles. The summed E-state index contributed by atoms with van der Waals surface area (Å²) in [4.78, 5) is 0. The number of hydrogen-bond donors (Lipinski definition) is 1. The Balaban J connectivity index is 2.09. The van der Waals surface area contributed by atoms with Crippen LogP contribution in [0.3, 0.4) is 0 Å². The van der Waals surface area contributed by atoms with Crippen molar-refractivity contribution in [2.45, 2.75) is 13.0 Å². The van der Waals surface area contributed by atoms with Gasteiger partial charge in [-0.1, -0.05) is 30.3 Å². The normalized spacial score (nSPS) is 12.6. The predicted molar refractivity (Wildman–Crippen MR) is 65.6 cm³/mol. The Labute approximate surface area is 97.8 Å². The van der Waals surface area contributed by atoms with Gasteiger partial charge >= 0.3 is 0 Å². The van der Waals surface area contributed by atoms with Gasteiger partial charge in [0.05, 0.1) is 19.8 Å². The number of methoxy groups -OCH3 is 1.